The Bertz CT molecular complexity index is 1190. The molecule has 0 aliphatic rings. The number of carbonyl (C=O) groups is 2. The van der Waals surface area contributed by atoms with Gasteiger partial charge in [-0.15, -0.1) is 0 Å². The Morgan fingerprint density at radius 3 is 2.44 bits per heavy atom. The van der Waals surface area contributed by atoms with Crippen LogP contribution in [0.15, 0.2) is 36.5 Å². The fourth-order valence-electron chi connectivity index (χ4n) is 3.29. The lowest BCUT2D eigenvalue weighted by Gasteiger charge is -2.17. The average molecular weight is 485 g/mol. The highest BCUT2D eigenvalue weighted by molar-refractivity contribution is 5.97. The molecule has 0 saturated carbocycles. The third-order valence-electron chi connectivity index (χ3n) is 4.94. The molecule has 0 saturated heterocycles. The molecule has 0 aliphatic carbocycles. The van der Waals surface area contributed by atoms with Gasteiger partial charge in [0.2, 0.25) is 0 Å². The normalized spacial score (nSPS) is 12.4. The van der Waals surface area contributed by atoms with Gasteiger partial charge in [0.1, 0.15) is 30.0 Å². The number of esters is 1. The van der Waals surface area contributed by atoms with E-state index >= 15 is 0 Å². The van der Waals surface area contributed by atoms with Crippen molar-refractivity contribution in [3.05, 3.63) is 65.1 Å². The van der Waals surface area contributed by atoms with Crippen LogP contribution in [0.5, 0.6) is 5.75 Å². The van der Waals surface area contributed by atoms with E-state index in [1.807, 2.05) is 0 Å². The van der Waals surface area contributed by atoms with Gasteiger partial charge in [-0.3, -0.25) is 9.20 Å². The SMILES string of the molecule is COC(=O)C(CCC(F)(F)F)NC(=O)c1c(C)nc2c(OCc3c(F)cccc3F)cccn12. The summed E-state index contributed by atoms with van der Waals surface area (Å²) in [6.07, 6.45) is -5.09. The van der Waals surface area contributed by atoms with E-state index in [1.165, 1.54) is 35.7 Å². The van der Waals surface area contributed by atoms with Crippen LogP contribution < -0.4 is 10.1 Å². The van der Waals surface area contributed by atoms with Crippen molar-refractivity contribution in [1.82, 2.24) is 14.7 Å². The third-order valence-corrected chi connectivity index (χ3v) is 4.94. The van der Waals surface area contributed by atoms with Crippen molar-refractivity contribution in [1.29, 1.82) is 0 Å². The molecule has 2 heterocycles. The summed E-state index contributed by atoms with van der Waals surface area (Å²) in [5.41, 5.74) is -0.0355. The van der Waals surface area contributed by atoms with Gasteiger partial charge in [0, 0.05) is 12.6 Å². The number of rotatable bonds is 8. The lowest BCUT2D eigenvalue weighted by atomic mass is 10.1. The van der Waals surface area contributed by atoms with Crippen molar-refractivity contribution in [3.8, 4) is 5.75 Å². The summed E-state index contributed by atoms with van der Waals surface area (Å²) in [4.78, 5) is 29.0. The van der Waals surface area contributed by atoms with Gasteiger partial charge in [-0.05, 0) is 37.6 Å². The molecule has 0 aliphatic heterocycles. The minimum atomic E-state index is -4.53. The van der Waals surface area contributed by atoms with Crippen LogP contribution in [-0.4, -0.2) is 40.6 Å². The van der Waals surface area contributed by atoms with Crippen LogP contribution in [0.2, 0.25) is 0 Å². The number of hydrogen-bond donors (Lipinski definition) is 1. The maximum atomic E-state index is 13.9. The molecule has 2 aromatic heterocycles. The van der Waals surface area contributed by atoms with Crippen LogP contribution in [-0.2, 0) is 16.1 Å². The van der Waals surface area contributed by atoms with Crippen LogP contribution in [0.4, 0.5) is 22.0 Å². The lowest BCUT2D eigenvalue weighted by molar-refractivity contribution is -0.148. The first kappa shape index (κ1) is 24.9. The third kappa shape index (κ3) is 5.61. The molecule has 1 atom stereocenters. The summed E-state index contributed by atoms with van der Waals surface area (Å²) in [5, 5.41) is 2.25. The number of hydrogen-bond acceptors (Lipinski definition) is 5. The van der Waals surface area contributed by atoms with E-state index in [-0.39, 0.29) is 28.3 Å². The zero-order valence-electron chi connectivity index (χ0n) is 18.1. The van der Waals surface area contributed by atoms with Gasteiger partial charge in [-0.2, -0.15) is 13.2 Å². The molecule has 1 amide bonds. The first-order valence-electron chi connectivity index (χ1n) is 10.0. The van der Waals surface area contributed by atoms with E-state index in [0.29, 0.717) is 0 Å². The molecule has 1 unspecified atom stereocenters. The average Bonchev–Trinajstić information content (AvgIpc) is 3.11. The number of halogens is 5. The molecule has 1 aromatic carbocycles. The Hall–Kier alpha value is -3.70. The molecule has 12 heteroatoms. The number of aromatic nitrogens is 2. The summed E-state index contributed by atoms with van der Waals surface area (Å²) in [7, 11) is 0.997. The summed E-state index contributed by atoms with van der Waals surface area (Å²) in [6.45, 7) is 1.03. The maximum absolute atomic E-state index is 13.9. The fraction of sp³-hybridized carbons (Fsp3) is 0.318. The molecule has 0 fully saturated rings. The fourth-order valence-corrected chi connectivity index (χ4v) is 3.29. The van der Waals surface area contributed by atoms with E-state index in [1.54, 1.807) is 0 Å². The van der Waals surface area contributed by atoms with Gasteiger partial charge in [0.05, 0.1) is 18.4 Å². The van der Waals surface area contributed by atoms with Gasteiger partial charge in [-0.25, -0.2) is 18.6 Å². The Morgan fingerprint density at radius 1 is 1.15 bits per heavy atom. The van der Waals surface area contributed by atoms with Crippen LogP contribution in [0.3, 0.4) is 0 Å². The van der Waals surface area contributed by atoms with Crippen molar-refractivity contribution in [2.75, 3.05) is 7.11 Å². The predicted molar refractivity (Wildman–Crippen MR) is 109 cm³/mol. The quantitative estimate of drug-likeness (QED) is 0.384. The number of methoxy groups -OCH3 is 1. The summed E-state index contributed by atoms with van der Waals surface area (Å²) < 4.78 is 77.0. The van der Waals surface area contributed by atoms with E-state index in [2.05, 4.69) is 15.0 Å². The van der Waals surface area contributed by atoms with E-state index in [9.17, 15) is 31.5 Å². The Labute approximate surface area is 190 Å². The highest BCUT2D eigenvalue weighted by Gasteiger charge is 2.32. The summed E-state index contributed by atoms with van der Waals surface area (Å²) in [6, 6.07) is 4.81. The first-order chi connectivity index (χ1) is 16.0. The van der Waals surface area contributed by atoms with Crippen LogP contribution >= 0.6 is 0 Å². The maximum Gasteiger partial charge on any atom is 0.389 e. The van der Waals surface area contributed by atoms with Gasteiger partial charge in [0.25, 0.3) is 5.91 Å². The predicted octanol–water partition coefficient (Wildman–Crippen LogP) is 4.11. The number of benzene rings is 1. The summed E-state index contributed by atoms with van der Waals surface area (Å²) >= 11 is 0. The van der Waals surface area contributed by atoms with Crippen LogP contribution in [0, 0.1) is 18.6 Å². The van der Waals surface area contributed by atoms with Crippen LogP contribution in [0.25, 0.3) is 5.65 Å². The monoisotopic (exact) mass is 485 g/mol. The lowest BCUT2D eigenvalue weighted by Crippen LogP contribution is -2.42. The van der Waals surface area contributed by atoms with E-state index in [0.717, 1.165) is 19.2 Å². The molecule has 3 rings (SSSR count). The van der Waals surface area contributed by atoms with E-state index in [4.69, 9.17) is 4.74 Å². The second-order valence-corrected chi connectivity index (χ2v) is 7.30. The van der Waals surface area contributed by atoms with Crippen molar-refractivity contribution >= 4 is 17.5 Å². The molecule has 182 valence electrons. The van der Waals surface area contributed by atoms with Crippen molar-refractivity contribution < 1.29 is 41.0 Å². The van der Waals surface area contributed by atoms with E-state index < -0.39 is 55.2 Å². The van der Waals surface area contributed by atoms with Crippen molar-refractivity contribution in [2.45, 2.75) is 38.6 Å². The number of amides is 1. The van der Waals surface area contributed by atoms with Crippen LogP contribution in [0.1, 0.15) is 34.6 Å². The molecule has 3 aromatic rings. The smallest absolute Gasteiger partial charge is 0.389 e. The standard InChI is InChI=1S/C22H20F5N3O4/c1-12-18(20(31)29-16(21(32)33-2)8-9-22(25,26)27)30-10-4-7-17(19(30)28-12)34-11-13-14(23)5-3-6-15(13)24/h3-7,10,16H,8-9,11H2,1-2H3,(H,29,31). The number of imidazole rings is 1. The van der Waals surface area contributed by atoms with Gasteiger partial charge >= 0.3 is 12.1 Å². The number of nitrogens with one attached hydrogen (secondary N) is 1. The molecule has 0 radical (unpaired) electrons. The highest BCUT2D eigenvalue weighted by atomic mass is 19.4. The topological polar surface area (TPSA) is 81.9 Å². The molecule has 7 nitrogen and oxygen atoms in total. The van der Waals surface area contributed by atoms with Crippen molar-refractivity contribution in [2.24, 2.45) is 0 Å². The number of nitrogens with zero attached hydrogens (tertiary/aromatic N) is 2. The zero-order valence-corrected chi connectivity index (χ0v) is 18.1. The number of alkyl halides is 3. The summed E-state index contributed by atoms with van der Waals surface area (Å²) in [5.74, 6) is -3.37. The highest BCUT2D eigenvalue weighted by Crippen LogP contribution is 2.25. The molecule has 34 heavy (non-hydrogen) atoms. The minimum Gasteiger partial charge on any atom is -0.485 e. The van der Waals surface area contributed by atoms with Crippen molar-refractivity contribution in [3.63, 3.8) is 0 Å². The number of pyridine rings is 1. The number of carbonyl (C=O) groups excluding carboxylic acids is 2. The second-order valence-electron chi connectivity index (χ2n) is 7.30. The number of ether oxygens (including phenoxy) is 2. The first-order valence-corrected chi connectivity index (χ1v) is 10.0. The Balaban J connectivity index is 1.86. The van der Waals surface area contributed by atoms with Gasteiger partial charge < -0.3 is 14.8 Å². The second kappa shape index (κ2) is 10.1. The number of aryl methyl sites for hydroxylation is 1. The minimum absolute atomic E-state index is 0.0570. The molecule has 1 N–H and O–H groups in total. The zero-order chi connectivity index (χ0) is 25.0. The Kier molecular flexibility index (Phi) is 7.38. The largest absolute Gasteiger partial charge is 0.485 e. The van der Waals surface area contributed by atoms with Gasteiger partial charge in [-0.1, -0.05) is 6.07 Å². The molecule has 0 bridgehead atoms. The molecular weight excluding hydrogens is 465 g/mol. The molecular formula is C22H20F5N3O4. The number of fused-ring (bicyclic) bond motifs is 1. The van der Waals surface area contributed by atoms with Gasteiger partial charge in [0.15, 0.2) is 11.4 Å². The molecule has 0 spiro atoms. The Morgan fingerprint density at radius 2 is 1.82 bits per heavy atom.